The number of unbranched alkanes of at least 4 members (excludes halogenated alkanes) is 8. The molecule has 21 heavy (non-hydrogen) atoms. The summed E-state index contributed by atoms with van der Waals surface area (Å²) < 4.78 is 0. The van der Waals surface area contributed by atoms with Gasteiger partial charge in [-0.3, -0.25) is 4.79 Å². The third kappa shape index (κ3) is 14.2. The number of carbonyl (C=O) groups is 1. The molecular weight excluding hydrogens is 260 g/mol. The van der Waals surface area contributed by atoms with E-state index < -0.39 is 5.97 Å². The van der Waals surface area contributed by atoms with Crippen LogP contribution in [0.5, 0.6) is 0 Å². The Bertz CT molecular complexity index is 238. The Morgan fingerprint density at radius 1 is 0.762 bits per heavy atom. The number of carboxylic acids is 1. The summed E-state index contributed by atoms with van der Waals surface area (Å²) in [6.45, 7) is 6.48. The number of rotatable bonds is 15. The van der Waals surface area contributed by atoms with Crippen LogP contribution >= 0.6 is 0 Å². The first-order chi connectivity index (χ1) is 10.1. The molecule has 0 aromatic carbocycles. The van der Waals surface area contributed by atoms with Gasteiger partial charge < -0.3 is 5.11 Å². The molecule has 0 aromatic heterocycles. The Morgan fingerprint density at radius 3 is 1.67 bits per heavy atom. The van der Waals surface area contributed by atoms with E-state index in [0.29, 0.717) is 0 Å². The van der Waals surface area contributed by atoms with Gasteiger partial charge >= 0.3 is 5.97 Å². The Kier molecular flexibility index (Phi) is 14.0. The second-order valence-corrected chi connectivity index (χ2v) is 6.89. The summed E-state index contributed by atoms with van der Waals surface area (Å²) >= 11 is 0. The number of hydrogen-bond acceptors (Lipinski definition) is 1. The van der Waals surface area contributed by atoms with Crippen molar-refractivity contribution in [3.63, 3.8) is 0 Å². The molecule has 0 aliphatic rings. The van der Waals surface area contributed by atoms with Crippen molar-refractivity contribution >= 4 is 5.97 Å². The minimum absolute atomic E-state index is 0.169. The van der Waals surface area contributed by atoms with E-state index in [1.54, 1.807) is 0 Å². The predicted molar refractivity (Wildman–Crippen MR) is 91.7 cm³/mol. The molecule has 0 saturated heterocycles. The fourth-order valence-corrected chi connectivity index (χ4v) is 2.84. The van der Waals surface area contributed by atoms with Gasteiger partial charge in [-0.25, -0.2) is 0 Å². The molecule has 2 unspecified atom stereocenters. The van der Waals surface area contributed by atoms with Gasteiger partial charge in [-0.05, 0) is 12.3 Å². The molecule has 0 bridgehead atoms. The van der Waals surface area contributed by atoms with Crippen molar-refractivity contribution in [1.82, 2.24) is 0 Å². The highest BCUT2D eigenvalue weighted by Crippen LogP contribution is 2.18. The van der Waals surface area contributed by atoms with E-state index in [0.717, 1.165) is 18.8 Å². The molecular formula is C19H38O2. The molecule has 0 aliphatic heterocycles. The number of hydrogen-bond donors (Lipinski definition) is 1. The van der Waals surface area contributed by atoms with Crippen LogP contribution in [-0.4, -0.2) is 11.1 Å². The lowest BCUT2D eigenvalue weighted by Gasteiger charge is -2.11. The highest BCUT2D eigenvalue weighted by molar-refractivity contribution is 5.69. The average molecular weight is 299 g/mol. The molecule has 126 valence electrons. The Labute approximate surface area is 132 Å². The Hall–Kier alpha value is -0.530. The van der Waals surface area contributed by atoms with Gasteiger partial charge in [-0.2, -0.15) is 0 Å². The van der Waals surface area contributed by atoms with E-state index in [4.69, 9.17) is 5.11 Å². The minimum Gasteiger partial charge on any atom is -0.481 e. The van der Waals surface area contributed by atoms with Crippen LogP contribution in [0.25, 0.3) is 0 Å². The van der Waals surface area contributed by atoms with Gasteiger partial charge in [-0.15, -0.1) is 0 Å². The standard InChI is InChI=1S/C19H38O2/c1-4-5-6-8-11-14-17(2)15-12-9-7-10-13-16-18(3)19(20)21/h17-18H,4-16H2,1-3H3,(H,20,21). The van der Waals surface area contributed by atoms with E-state index in [2.05, 4.69) is 13.8 Å². The molecule has 0 fully saturated rings. The van der Waals surface area contributed by atoms with Gasteiger partial charge in [0.15, 0.2) is 0 Å². The Morgan fingerprint density at radius 2 is 1.19 bits per heavy atom. The summed E-state index contributed by atoms with van der Waals surface area (Å²) in [7, 11) is 0. The normalized spacial score (nSPS) is 14.0. The zero-order valence-corrected chi connectivity index (χ0v) is 14.7. The average Bonchev–Trinajstić information content (AvgIpc) is 2.45. The molecule has 0 aliphatic carbocycles. The lowest BCUT2D eigenvalue weighted by atomic mass is 9.95. The molecule has 0 heterocycles. The van der Waals surface area contributed by atoms with Gasteiger partial charge in [0.25, 0.3) is 0 Å². The summed E-state index contributed by atoms with van der Waals surface area (Å²) in [6.07, 6.45) is 16.8. The molecule has 2 heteroatoms. The number of aliphatic carboxylic acids is 1. The van der Waals surface area contributed by atoms with Crippen molar-refractivity contribution in [2.45, 2.75) is 104 Å². The minimum atomic E-state index is -0.650. The third-order valence-corrected chi connectivity index (χ3v) is 4.56. The van der Waals surface area contributed by atoms with Crippen LogP contribution in [0.3, 0.4) is 0 Å². The first-order valence-electron chi connectivity index (χ1n) is 9.30. The van der Waals surface area contributed by atoms with Gasteiger partial charge in [0.2, 0.25) is 0 Å². The quantitative estimate of drug-likeness (QED) is 0.353. The maximum Gasteiger partial charge on any atom is 0.306 e. The Balaban J connectivity index is 3.25. The molecule has 0 spiro atoms. The van der Waals surface area contributed by atoms with Gasteiger partial charge in [-0.1, -0.05) is 97.8 Å². The van der Waals surface area contributed by atoms with Crippen molar-refractivity contribution in [1.29, 1.82) is 0 Å². The van der Waals surface area contributed by atoms with E-state index >= 15 is 0 Å². The lowest BCUT2D eigenvalue weighted by molar-refractivity contribution is -0.141. The highest BCUT2D eigenvalue weighted by atomic mass is 16.4. The molecule has 0 aromatic rings. The first-order valence-corrected chi connectivity index (χ1v) is 9.30. The molecule has 0 rings (SSSR count). The SMILES string of the molecule is CCCCCCCC(C)CCCCCCCC(C)C(=O)O. The van der Waals surface area contributed by atoms with Crippen molar-refractivity contribution in [2.75, 3.05) is 0 Å². The van der Waals surface area contributed by atoms with Crippen molar-refractivity contribution < 1.29 is 9.90 Å². The zero-order chi connectivity index (χ0) is 15.9. The summed E-state index contributed by atoms with van der Waals surface area (Å²) in [4.78, 5) is 10.7. The number of carboxylic acid groups (broad SMARTS) is 1. The van der Waals surface area contributed by atoms with Crippen LogP contribution in [0.4, 0.5) is 0 Å². The van der Waals surface area contributed by atoms with Crippen molar-refractivity contribution in [2.24, 2.45) is 11.8 Å². The molecule has 2 atom stereocenters. The zero-order valence-electron chi connectivity index (χ0n) is 14.7. The van der Waals surface area contributed by atoms with E-state index in [-0.39, 0.29) is 5.92 Å². The smallest absolute Gasteiger partial charge is 0.306 e. The summed E-state index contributed by atoms with van der Waals surface area (Å²) in [5.74, 6) is 0.0687. The van der Waals surface area contributed by atoms with E-state index in [9.17, 15) is 4.79 Å². The molecule has 0 radical (unpaired) electrons. The maximum absolute atomic E-state index is 10.7. The highest BCUT2D eigenvalue weighted by Gasteiger charge is 2.09. The fourth-order valence-electron chi connectivity index (χ4n) is 2.84. The van der Waals surface area contributed by atoms with Gasteiger partial charge in [0.05, 0.1) is 5.92 Å². The van der Waals surface area contributed by atoms with Crippen LogP contribution in [0, 0.1) is 11.8 Å². The third-order valence-electron chi connectivity index (χ3n) is 4.56. The van der Waals surface area contributed by atoms with Crippen LogP contribution in [0.15, 0.2) is 0 Å². The largest absolute Gasteiger partial charge is 0.481 e. The monoisotopic (exact) mass is 298 g/mol. The predicted octanol–water partition coefficient (Wildman–Crippen LogP) is 6.43. The lowest BCUT2D eigenvalue weighted by Crippen LogP contribution is -2.08. The molecule has 0 saturated carbocycles. The maximum atomic E-state index is 10.7. The van der Waals surface area contributed by atoms with E-state index in [1.807, 2.05) is 6.92 Å². The van der Waals surface area contributed by atoms with Crippen LogP contribution in [-0.2, 0) is 4.79 Å². The van der Waals surface area contributed by atoms with Gasteiger partial charge in [0.1, 0.15) is 0 Å². The summed E-state index contributed by atoms with van der Waals surface area (Å²) in [5, 5.41) is 8.80. The molecule has 0 amide bonds. The van der Waals surface area contributed by atoms with Crippen molar-refractivity contribution in [3.05, 3.63) is 0 Å². The molecule has 1 N–H and O–H groups in total. The second-order valence-electron chi connectivity index (χ2n) is 6.89. The van der Waals surface area contributed by atoms with Crippen LogP contribution in [0.1, 0.15) is 104 Å². The summed E-state index contributed by atoms with van der Waals surface area (Å²) in [5.41, 5.74) is 0. The molecule has 2 nitrogen and oxygen atoms in total. The van der Waals surface area contributed by atoms with Crippen LogP contribution < -0.4 is 0 Å². The van der Waals surface area contributed by atoms with Gasteiger partial charge in [0, 0.05) is 0 Å². The van der Waals surface area contributed by atoms with Crippen LogP contribution in [0.2, 0.25) is 0 Å². The summed E-state index contributed by atoms with van der Waals surface area (Å²) in [6, 6.07) is 0. The van der Waals surface area contributed by atoms with Crippen molar-refractivity contribution in [3.8, 4) is 0 Å². The topological polar surface area (TPSA) is 37.3 Å². The first kappa shape index (κ1) is 20.5. The van der Waals surface area contributed by atoms with E-state index in [1.165, 1.54) is 70.6 Å². The second kappa shape index (κ2) is 14.4. The fraction of sp³-hybridized carbons (Fsp3) is 0.947.